The molecule has 1 aromatic rings. The van der Waals surface area contributed by atoms with Crippen molar-refractivity contribution < 1.29 is 18.0 Å². The van der Waals surface area contributed by atoms with Crippen LogP contribution in [0.5, 0.6) is 0 Å². The van der Waals surface area contributed by atoms with Gasteiger partial charge in [0.1, 0.15) is 12.8 Å². The molecule has 0 amide bonds. The summed E-state index contributed by atoms with van der Waals surface area (Å²) in [6, 6.07) is 4.82. The number of alkyl halides is 3. The summed E-state index contributed by atoms with van der Waals surface area (Å²) < 4.78 is 36.9. The van der Waals surface area contributed by atoms with Crippen LogP contribution in [-0.2, 0) is 17.6 Å². The van der Waals surface area contributed by atoms with Crippen molar-refractivity contribution in [1.82, 2.24) is 0 Å². The van der Waals surface area contributed by atoms with Gasteiger partial charge < -0.3 is 4.84 Å². The molecule has 0 aliphatic carbocycles. The summed E-state index contributed by atoms with van der Waals surface area (Å²) in [6.07, 6.45) is 1.19. The second kappa shape index (κ2) is 7.03. The Morgan fingerprint density at radius 2 is 1.89 bits per heavy atom. The van der Waals surface area contributed by atoms with Crippen molar-refractivity contribution in [2.75, 3.05) is 0 Å². The van der Waals surface area contributed by atoms with Crippen molar-refractivity contribution in [3.8, 4) is 0 Å². The molecule has 2 nitrogen and oxygen atoms in total. The third-order valence-corrected chi connectivity index (χ3v) is 2.28. The van der Waals surface area contributed by atoms with Gasteiger partial charge in [0, 0.05) is 0 Å². The summed E-state index contributed by atoms with van der Waals surface area (Å²) in [6.45, 7) is 2.21. The molecular formula is C13H15F3NO. The molecule has 0 aliphatic heterocycles. The highest BCUT2D eigenvalue weighted by molar-refractivity contribution is 5.56. The lowest BCUT2D eigenvalue weighted by atomic mass is 10.1. The normalized spacial score (nSPS) is 12.0. The zero-order valence-electron chi connectivity index (χ0n) is 10.1. The summed E-state index contributed by atoms with van der Waals surface area (Å²) in [4.78, 5) is 4.92. The van der Waals surface area contributed by atoms with Gasteiger partial charge in [-0.15, -0.1) is 0 Å². The van der Waals surface area contributed by atoms with Crippen LogP contribution >= 0.6 is 0 Å². The molecule has 18 heavy (non-hydrogen) atoms. The van der Waals surface area contributed by atoms with E-state index in [0.717, 1.165) is 31.4 Å². The minimum atomic E-state index is -4.30. The van der Waals surface area contributed by atoms with Crippen molar-refractivity contribution in [2.45, 2.75) is 39.0 Å². The Kier molecular flexibility index (Phi) is 5.68. The van der Waals surface area contributed by atoms with Crippen LogP contribution in [0.1, 0.15) is 37.3 Å². The Morgan fingerprint density at radius 3 is 2.44 bits per heavy atom. The van der Waals surface area contributed by atoms with E-state index >= 15 is 0 Å². The molecule has 0 atom stereocenters. The number of halogens is 3. The second-order valence-corrected chi connectivity index (χ2v) is 3.82. The van der Waals surface area contributed by atoms with E-state index in [1.807, 2.05) is 0 Å². The van der Waals surface area contributed by atoms with E-state index in [1.54, 1.807) is 0 Å². The number of unbranched alkanes of at least 4 members (excludes halogenated alkanes) is 2. The zero-order valence-corrected chi connectivity index (χ0v) is 10.1. The van der Waals surface area contributed by atoms with Gasteiger partial charge in [0.25, 0.3) is 0 Å². The minimum Gasteiger partial charge on any atom is -0.391 e. The van der Waals surface area contributed by atoms with Gasteiger partial charge in [-0.2, -0.15) is 13.2 Å². The largest absolute Gasteiger partial charge is 0.416 e. The topological polar surface area (TPSA) is 21.6 Å². The number of hydrogen-bond donors (Lipinski definition) is 0. The van der Waals surface area contributed by atoms with Gasteiger partial charge in [0.05, 0.1) is 5.56 Å². The molecule has 99 valence electrons. The zero-order chi connectivity index (χ0) is 13.4. The lowest BCUT2D eigenvalue weighted by Gasteiger charge is -2.06. The van der Waals surface area contributed by atoms with E-state index in [2.05, 4.69) is 18.3 Å². The first-order chi connectivity index (χ1) is 8.54. The average Bonchev–Trinajstić information content (AvgIpc) is 2.33. The van der Waals surface area contributed by atoms with Crippen LogP contribution in [0.3, 0.4) is 0 Å². The quantitative estimate of drug-likeness (QED) is 0.424. The van der Waals surface area contributed by atoms with Gasteiger partial charge >= 0.3 is 6.18 Å². The molecule has 1 radical (unpaired) electrons. The Hall–Kier alpha value is -1.52. The van der Waals surface area contributed by atoms with Crippen molar-refractivity contribution in [2.24, 2.45) is 5.16 Å². The van der Waals surface area contributed by atoms with E-state index in [0.29, 0.717) is 5.56 Å². The predicted molar refractivity (Wildman–Crippen MR) is 63.2 cm³/mol. The molecule has 5 heteroatoms. The highest BCUT2D eigenvalue weighted by Crippen LogP contribution is 2.29. The Bertz CT molecular complexity index is 371. The molecule has 0 N–H and O–H groups in total. The van der Waals surface area contributed by atoms with Crippen LogP contribution in [0.2, 0.25) is 0 Å². The van der Waals surface area contributed by atoms with Crippen LogP contribution in [0.15, 0.2) is 29.4 Å². The molecule has 0 spiro atoms. The fraction of sp³-hybridized carbons (Fsp3) is 0.462. The third kappa shape index (κ3) is 5.21. The first-order valence-electron chi connectivity index (χ1n) is 5.75. The maximum Gasteiger partial charge on any atom is 0.416 e. The molecule has 1 aromatic carbocycles. The Morgan fingerprint density at radius 1 is 1.22 bits per heavy atom. The van der Waals surface area contributed by atoms with Crippen LogP contribution in [-0.4, -0.2) is 6.21 Å². The smallest absolute Gasteiger partial charge is 0.391 e. The molecule has 0 aromatic heterocycles. The second-order valence-electron chi connectivity index (χ2n) is 3.82. The van der Waals surface area contributed by atoms with Crippen molar-refractivity contribution >= 4 is 6.21 Å². The molecule has 0 unspecified atom stereocenters. The van der Waals surface area contributed by atoms with E-state index in [-0.39, 0.29) is 6.61 Å². The van der Waals surface area contributed by atoms with Crippen molar-refractivity contribution in [3.63, 3.8) is 0 Å². The standard InChI is InChI=1S/C13H15F3NO/c1-2-3-4-9-17-18-10-11-5-7-12(8-6-11)13(14,15)16/h5-8H,2-4,10H2,1H3. The molecule has 0 fully saturated rings. The number of benzene rings is 1. The van der Waals surface area contributed by atoms with Gasteiger partial charge in [0.2, 0.25) is 0 Å². The molecule has 0 heterocycles. The molecule has 1 rings (SSSR count). The number of hydrogen-bond acceptors (Lipinski definition) is 2. The number of rotatable bonds is 6. The summed E-state index contributed by atoms with van der Waals surface area (Å²) >= 11 is 0. The first kappa shape index (κ1) is 14.5. The van der Waals surface area contributed by atoms with E-state index in [9.17, 15) is 13.2 Å². The molecule has 0 bridgehead atoms. The highest BCUT2D eigenvalue weighted by atomic mass is 19.4. The van der Waals surface area contributed by atoms with Crippen molar-refractivity contribution in [1.29, 1.82) is 0 Å². The molecular weight excluding hydrogens is 243 g/mol. The molecule has 0 saturated carbocycles. The van der Waals surface area contributed by atoms with Gasteiger partial charge in [-0.1, -0.05) is 30.6 Å². The minimum absolute atomic E-state index is 0.150. The first-order valence-corrected chi connectivity index (χ1v) is 5.75. The number of nitrogens with zero attached hydrogens (tertiary/aromatic N) is 1. The Balaban J connectivity index is 2.38. The summed E-state index contributed by atoms with van der Waals surface area (Å²) in [5.41, 5.74) is -0.0201. The molecule has 0 aliphatic rings. The third-order valence-electron chi connectivity index (χ3n) is 2.28. The van der Waals surface area contributed by atoms with E-state index in [4.69, 9.17) is 4.84 Å². The van der Waals surface area contributed by atoms with Crippen molar-refractivity contribution in [3.05, 3.63) is 35.4 Å². The van der Waals surface area contributed by atoms with Gasteiger partial charge in [0.15, 0.2) is 0 Å². The summed E-state index contributed by atoms with van der Waals surface area (Å²) in [5, 5.41) is 3.60. The maximum absolute atomic E-state index is 12.3. The van der Waals surface area contributed by atoms with E-state index < -0.39 is 11.7 Å². The predicted octanol–water partition coefficient (Wildman–Crippen LogP) is 4.28. The monoisotopic (exact) mass is 258 g/mol. The summed E-state index contributed by atoms with van der Waals surface area (Å²) in [7, 11) is 0. The van der Waals surface area contributed by atoms with Gasteiger partial charge in [-0.25, -0.2) is 0 Å². The Labute approximate surface area is 104 Å². The van der Waals surface area contributed by atoms with E-state index in [1.165, 1.54) is 12.1 Å². The lowest BCUT2D eigenvalue weighted by Crippen LogP contribution is -2.04. The van der Waals surface area contributed by atoms with Gasteiger partial charge in [-0.3, -0.25) is 0 Å². The fourth-order valence-corrected chi connectivity index (χ4v) is 1.24. The maximum atomic E-state index is 12.3. The van der Waals surface area contributed by atoms with Crippen LogP contribution in [0.4, 0.5) is 13.2 Å². The lowest BCUT2D eigenvalue weighted by molar-refractivity contribution is -0.137. The highest BCUT2D eigenvalue weighted by Gasteiger charge is 2.29. The molecule has 0 saturated heterocycles. The van der Waals surface area contributed by atoms with Crippen LogP contribution < -0.4 is 0 Å². The van der Waals surface area contributed by atoms with Gasteiger partial charge in [-0.05, 0) is 30.5 Å². The van der Waals surface area contributed by atoms with Crippen LogP contribution in [0.25, 0.3) is 0 Å². The SMILES string of the molecule is CCCC/[C]=N/OCc1ccc(C(F)(F)F)cc1. The summed E-state index contributed by atoms with van der Waals surface area (Å²) in [5.74, 6) is 0. The average molecular weight is 258 g/mol. The van der Waals surface area contributed by atoms with Crippen LogP contribution in [0, 0.1) is 0 Å². The fourth-order valence-electron chi connectivity index (χ4n) is 1.24.